The van der Waals surface area contributed by atoms with E-state index < -0.39 is 44.2 Å². The topological polar surface area (TPSA) is 156 Å². The number of carboxylic acid groups (broad SMARTS) is 1. The van der Waals surface area contributed by atoms with Crippen LogP contribution in [-0.4, -0.2) is 21.7 Å². The summed E-state index contributed by atoms with van der Waals surface area (Å²) >= 11 is 0. The van der Waals surface area contributed by atoms with E-state index in [0.29, 0.717) is 5.56 Å². The second-order valence-corrected chi connectivity index (χ2v) is 4.98. The average molecular weight is 344 g/mol. The zero-order chi connectivity index (χ0) is 18.7. The van der Waals surface area contributed by atoms with E-state index in [1.165, 1.54) is 18.2 Å². The first-order chi connectivity index (χ1) is 11.7. The molecule has 10 nitrogen and oxygen atoms in total. The van der Waals surface area contributed by atoms with E-state index in [4.69, 9.17) is 0 Å². The standard InChI is InChI=1S/C15H11N3O7/c1-8-5-6-10(12(7-8)18(24)25)16-14(19)13-9(15(20)21)3-2-4-11(13)17(22)23/h2-7H,1H3,(H,16,19)(H,20,21)/p-1. The molecule has 1 N–H and O–H groups in total. The lowest BCUT2D eigenvalue weighted by Gasteiger charge is -2.11. The third-order valence-corrected chi connectivity index (χ3v) is 3.28. The van der Waals surface area contributed by atoms with Crippen molar-refractivity contribution in [3.63, 3.8) is 0 Å². The van der Waals surface area contributed by atoms with Gasteiger partial charge in [-0.1, -0.05) is 18.2 Å². The molecule has 0 radical (unpaired) electrons. The summed E-state index contributed by atoms with van der Waals surface area (Å²) in [5.41, 5.74) is -2.28. The number of rotatable bonds is 5. The summed E-state index contributed by atoms with van der Waals surface area (Å²) in [6.45, 7) is 1.61. The van der Waals surface area contributed by atoms with Gasteiger partial charge in [0.25, 0.3) is 17.3 Å². The summed E-state index contributed by atoms with van der Waals surface area (Å²) in [6.07, 6.45) is 0. The zero-order valence-corrected chi connectivity index (χ0v) is 12.7. The van der Waals surface area contributed by atoms with E-state index in [1.807, 2.05) is 0 Å². The van der Waals surface area contributed by atoms with Crippen LogP contribution in [-0.2, 0) is 0 Å². The van der Waals surface area contributed by atoms with Crippen LogP contribution in [0.4, 0.5) is 17.1 Å². The number of nitro benzene ring substituents is 2. The quantitative estimate of drug-likeness (QED) is 0.635. The molecule has 0 aliphatic rings. The van der Waals surface area contributed by atoms with E-state index in [2.05, 4.69) is 5.32 Å². The minimum atomic E-state index is -1.78. The van der Waals surface area contributed by atoms with Gasteiger partial charge in [0.2, 0.25) is 0 Å². The van der Waals surface area contributed by atoms with Crippen LogP contribution in [0.3, 0.4) is 0 Å². The van der Waals surface area contributed by atoms with Crippen LogP contribution < -0.4 is 10.4 Å². The maximum atomic E-state index is 12.4. The van der Waals surface area contributed by atoms with Crippen LogP contribution in [0, 0.1) is 27.2 Å². The molecule has 128 valence electrons. The van der Waals surface area contributed by atoms with Gasteiger partial charge >= 0.3 is 0 Å². The van der Waals surface area contributed by atoms with Gasteiger partial charge in [0.1, 0.15) is 11.3 Å². The number of nitrogens with one attached hydrogen (secondary N) is 1. The molecule has 0 saturated carbocycles. The van der Waals surface area contributed by atoms with Crippen molar-refractivity contribution in [3.8, 4) is 0 Å². The molecule has 0 spiro atoms. The number of hydrogen-bond donors (Lipinski definition) is 1. The molecule has 0 fully saturated rings. The molecule has 0 saturated heterocycles. The van der Waals surface area contributed by atoms with Crippen molar-refractivity contribution in [2.75, 3.05) is 5.32 Å². The summed E-state index contributed by atoms with van der Waals surface area (Å²) in [6, 6.07) is 6.95. The van der Waals surface area contributed by atoms with Crippen molar-refractivity contribution in [1.82, 2.24) is 0 Å². The molecule has 0 aromatic heterocycles. The van der Waals surface area contributed by atoms with E-state index in [1.54, 1.807) is 6.92 Å². The molecule has 2 rings (SSSR count). The highest BCUT2D eigenvalue weighted by molar-refractivity contribution is 6.13. The molecule has 0 atom stereocenters. The van der Waals surface area contributed by atoms with Crippen molar-refractivity contribution in [1.29, 1.82) is 0 Å². The summed E-state index contributed by atoms with van der Waals surface area (Å²) in [4.78, 5) is 44.0. The van der Waals surface area contributed by atoms with Gasteiger partial charge in [-0.2, -0.15) is 0 Å². The normalized spacial score (nSPS) is 10.1. The smallest absolute Gasteiger partial charge is 0.293 e. The maximum absolute atomic E-state index is 12.4. The van der Waals surface area contributed by atoms with Gasteiger partial charge in [0, 0.05) is 17.7 Å². The number of carboxylic acids is 1. The Hall–Kier alpha value is -3.82. The van der Waals surface area contributed by atoms with E-state index in [-0.39, 0.29) is 5.69 Å². The van der Waals surface area contributed by atoms with E-state index in [9.17, 15) is 34.9 Å². The van der Waals surface area contributed by atoms with Crippen molar-refractivity contribution in [2.45, 2.75) is 6.92 Å². The number of aromatic carboxylic acids is 1. The van der Waals surface area contributed by atoms with Gasteiger partial charge in [-0.05, 0) is 18.6 Å². The highest BCUT2D eigenvalue weighted by atomic mass is 16.6. The monoisotopic (exact) mass is 344 g/mol. The number of amides is 1. The van der Waals surface area contributed by atoms with Gasteiger partial charge < -0.3 is 15.2 Å². The SMILES string of the molecule is Cc1ccc(NC(=O)c2c(C(=O)[O-])cccc2[N+](=O)[O-])c([N+](=O)[O-])c1. The Balaban J connectivity index is 2.55. The Morgan fingerprint density at radius 3 is 2.20 bits per heavy atom. The predicted octanol–water partition coefficient (Wildman–Crippen LogP) is 1.43. The lowest BCUT2D eigenvalue weighted by atomic mass is 10.0. The molecule has 0 unspecified atom stereocenters. The van der Waals surface area contributed by atoms with Crippen LogP contribution >= 0.6 is 0 Å². The van der Waals surface area contributed by atoms with Crippen molar-refractivity contribution < 1.29 is 24.5 Å². The Labute approximate surface area is 140 Å². The van der Waals surface area contributed by atoms with Crippen LogP contribution in [0.15, 0.2) is 36.4 Å². The van der Waals surface area contributed by atoms with Gasteiger partial charge in [0.15, 0.2) is 0 Å². The highest BCUT2D eigenvalue weighted by Gasteiger charge is 2.26. The Morgan fingerprint density at radius 2 is 1.64 bits per heavy atom. The number of carbonyl (C=O) groups excluding carboxylic acids is 2. The third kappa shape index (κ3) is 3.58. The molecular weight excluding hydrogens is 334 g/mol. The van der Waals surface area contributed by atoms with Crippen molar-refractivity contribution in [2.24, 2.45) is 0 Å². The summed E-state index contributed by atoms with van der Waals surface area (Å²) in [7, 11) is 0. The fraction of sp³-hybridized carbons (Fsp3) is 0.0667. The first-order valence-corrected chi connectivity index (χ1v) is 6.77. The number of benzene rings is 2. The molecule has 0 bridgehead atoms. The lowest BCUT2D eigenvalue weighted by molar-refractivity contribution is -0.385. The number of anilines is 1. The Morgan fingerprint density at radius 1 is 1.00 bits per heavy atom. The first-order valence-electron chi connectivity index (χ1n) is 6.77. The average Bonchev–Trinajstić information content (AvgIpc) is 2.55. The van der Waals surface area contributed by atoms with E-state index in [0.717, 1.165) is 18.2 Å². The largest absolute Gasteiger partial charge is 0.545 e. The Kier molecular flexibility index (Phi) is 4.73. The summed E-state index contributed by atoms with van der Waals surface area (Å²) in [5, 5.41) is 35.5. The number of aryl methyl sites for hydroxylation is 1. The zero-order valence-electron chi connectivity index (χ0n) is 12.7. The number of hydrogen-bond acceptors (Lipinski definition) is 7. The highest BCUT2D eigenvalue weighted by Crippen LogP contribution is 2.28. The van der Waals surface area contributed by atoms with E-state index >= 15 is 0 Å². The number of carbonyl (C=O) groups is 2. The van der Waals surface area contributed by atoms with Gasteiger partial charge in [-0.25, -0.2) is 0 Å². The molecule has 0 heterocycles. The molecule has 25 heavy (non-hydrogen) atoms. The maximum Gasteiger partial charge on any atom is 0.293 e. The van der Waals surface area contributed by atoms with Gasteiger partial charge in [-0.15, -0.1) is 0 Å². The fourth-order valence-electron chi connectivity index (χ4n) is 2.18. The van der Waals surface area contributed by atoms with Crippen molar-refractivity contribution >= 4 is 28.9 Å². The molecule has 2 aromatic carbocycles. The fourth-order valence-corrected chi connectivity index (χ4v) is 2.18. The van der Waals surface area contributed by atoms with Gasteiger partial charge in [-0.3, -0.25) is 25.0 Å². The summed E-state index contributed by atoms with van der Waals surface area (Å²) in [5.74, 6) is -2.95. The molecule has 10 heteroatoms. The first kappa shape index (κ1) is 17.5. The summed E-state index contributed by atoms with van der Waals surface area (Å²) < 4.78 is 0. The third-order valence-electron chi connectivity index (χ3n) is 3.28. The van der Waals surface area contributed by atoms with Gasteiger partial charge in [0.05, 0.1) is 15.8 Å². The number of nitro groups is 2. The second kappa shape index (κ2) is 6.74. The minimum absolute atomic E-state index is 0.219. The molecular formula is C15H10N3O7-. The van der Waals surface area contributed by atoms with Crippen LogP contribution in [0.25, 0.3) is 0 Å². The molecule has 2 aromatic rings. The minimum Gasteiger partial charge on any atom is -0.545 e. The Bertz CT molecular complexity index is 876. The molecule has 0 aliphatic carbocycles. The van der Waals surface area contributed by atoms with Crippen LogP contribution in [0.1, 0.15) is 26.3 Å². The van der Waals surface area contributed by atoms with Crippen LogP contribution in [0.5, 0.6) is 0 Å². The second-order valence-electron chi connectivity index (χ2n) is 4.98. The van der Waals surface area contributed by atoms with Crippen molar-refractivity contribution in [3.05, 3.63) is 73.3 Å². The van der Waals surface area contributed by atoms with Crippen LogP contribution in [0.2, 0.25) is 0 Å². The lowest BCUT2D eigenvalue weighted by Crippen LogP contribution is -2.27. The molecule has 0 aliphatic heterocycles. The molecule has 1 amide bonds. The predicted molar refractivity (Wildman–Crippen MR) is 83.2 cm³/mol. The number of nitrogens with zero attached hydrogens (tertiary/aromatic N) is 2.